The lowest BCUT2D eigenvalue weighted by atomic mass is 9.82. The van der Waals surface area contributed by atoms with Crippen molar-refractivity contribution in [2.75, 3.05) is 0 Å². The zero-order valence-corrected chi connectivity index (χ0v) is 17.1. The maximum absolute atomic E-state index is 13.6. The summed E-state index contributed by atoms with van der Waals surface area (Å²) in [4.78, 5) is 0. The minimum atomic E-state index is -9.45. The van der Waals surface area contributed by atoms with Crippen molar-refractivity contribution in [2.45, 2.75) is 78.7 Å². The van der Waals surface area contributed by atoms with Crippen LogP contribution in [0.5, 0.6) is 0 Å². The van der Waals surface area contributed by atoms with Crippen molar-refractivity contribution in [3.63, 3.8) is 0 Å². The molecule has 0 rings (SSSR count). The highest BCUT2D eigenvalue weighted by Crippen LogP contribution is 2.67. The number of hydrogen-bond donors (Lipinski definition) is 0. The molecule has 0 radical (unpaired) electrons. The van der Waals surface area contributed by atoms with Gasteiger partial charge in [0.1, 0.15) is 0 Å². The second-order valence-corrected chi connectivity index (χ2v) is 7.51. The molecule has 38 heavy (non-hydrogen) atoms. The van der Waals surface area contributed by atoms with Crippen molar-refractivity contribution in [1.29, 1.82) is 0 Å². The molecule has 0 fully saturated rings. The first-order valence-electron chi connectivity index (χ1n) is 8.41. The molecule has 0 aliphatic carbocycles. The Bertz CT molecular complexity index is 869. The van der Waals surface area contributed by atoms with E-state index >= 15 is 0 Å². The fourth-order valence-corrected chi connectivity index (χ4v) is 2.44. The first kappa shape index (κ1) is 36.1. The summed E-state index contributed by atoms with van der Waals surface area (Å²) in [5.41, 5.74) is -10.3. The van der Waals surface area contributed by atoms with Gasteiger partial charge in [-0.3, -0.25) is 0 Å². The molecule has 0 aromatic rings. The molecule has 23 heteroatoms. The standard InChI is InChI=1S/C15H7F23/c1-4(2)3-5(16,17)7(19,20)9(23,24)11(27,28)13(31,32)12(29,30)10(25,26)8(21,22)6(18,14(33,34)35)15(36,37)38/h1,3H2,2H3. The molecule has 0 heterocycles. The van der Waals surface area contributed by atoms with Gasteiger partial charge in [0.15, 0.2) is 0 Å². The summed E-state index contributed by atoms with van der Waals surface area (Å²) in [5, 5.41) is 0. The number of halogens is 23. The predicted octanol–water partition coefficient (Wildman–Crippen LogP) is 8.87. The molecule has 0 saturated carbocycles. The van der Waals surface area contributed by atoms with Gasteiger partial charge in [-0.2, -0.15) is 96.6 Å². The summed E-state index contributed by atoms with van der Waals surface area (Å²) >= 11 is 0. The Morgan fingerprint density at radius 2 is 0.605 bits per heavy atom. The average molecular weight is 624 g/mol. The van der Waals surface area contributed by atoms with Gasteiger partial charge in [0, 0.05) is 6.42 Å². The summed E-state index contributed by atoms with van der Waals surface area (Å²) in [7, 11) is 0. The van der Waals surface area contributed by atoms with Gasteiger partial charge < -0.3 is 0 Å². The molecule has 0 aliphatic rings. The van der Waals surface area contributed by atoms with Crippen LogP contribution in [0.2, 0.25) is 0 Å². The van der Waals surface area contributed by atoms with Gasteiger partial charge in [-0.15, -0.1) is 0 Å². The van der Waals surface area contributed by atoms with Gasteiger partial charge >= 0.3 is 65.4 Å². The van der Waals surface area contributed by atoms with E-state index in [1.165, 1.54) is 0 Å². The van der Waals surface area contributed by atoms with Gasteiger partial charge in [0.2, 0.25) is 0 Å². The molecule has 0 spiro atoms. The third-order valence-electron chi connectivity index (χ3n) is 4.56. The van der Waals surface area contributed by atoms with Crippen LogP contribution in [0.25, 0.3) is 0 Å². The van der Waals surface area contributed by atoms with Gasteiger partial charge in [-0.1, -0.05) is 12.2 Å². The molecule has 0 N–H and O–H groups in total. The summed E-state index contributed by atoms with van der Waals surface area (Å²) in [6, 6.07) is 0. The normalized spacial score (nSPS) is 16.6. The summed E-state index contributed by atoms with van der Waals surface area (Å²) in [6.07, 6.45) is -19.9. The minimum absolute atomic E-state index is 0.274. The van der Waals surface area contributed by atoms with Gasteiger partial charge in [0.05, 0.1) is 0 Å². The second-order valence-electron chi connectivity index (χ2n) is 7.51. The van der Waals surface area contributed by atoms with E-state index in [9.17, 15) is 101 Å². The lowest BCUT2D eigenvalue weighted by molar-refractivity contribution is -0.481. The van der Waals surface area contributed by atoms with E-state index in [0.717, 1.165) is 0 Å². The van der Waals surface area contributed by atoms with Crippen LogP contribution in [0.3, 0.4) is 0 Å². The van der Waals surface area contributed by atoms with Crippen molar-refractivity contribution in [3.05, 3.63) is 12.2 Å². The predicted molar refractivity (Wildman–Crippen MR) is 75.0 cm³/mol. The van der Waals surface area contributed by atoms with E-state index in [1.807, 2.05) is 0 Å². The highest BCUT2D eigenvalue weighted by atomic mass is 19.4. The Labute approximate surface area is 193 Å². The number of hydrogen-bond acceptors (Lipinski definition) is 0. The number of allylic oxidation sites excluding steroid dienone is 1. The summed E-state index contributed by atoms with van der Waals surface area (Å²) in [5.74, 6) is -70.1. The van der Waals surface area contributed by atoms with Crippen LogP contribution in [0.1, 0.15) is 13.3 Å². The highest BCUT2D eigenvalue weighted by Gasteiger charge is 2.99. The molecule has 228 valence electrons. The zero-order valence-electron chi connectivity index (χ0n) is 17.1. The maximum Gasteiger partial charge on any atom is 0.438 e. The van der Waals surface area contributed by atoms with E-state index in [2.05, 4.69) is 6.58 Å². The molecular weight excluding hydrogens is 617 g/mol. The monoisotopic (exact) mass is 624 g/mol. The fourth-order valence-electron chi connectivity index (χ4n) is 2.44. The SMILES string of the molecule is C=C(C)CC(F)(F)C(F)(F)C(F)(F)C(F)(F)C(F)(F)C(F)(F)C(F)(F)C(F)(F)C(F)(C(F)(F)F)C(F)(F)F. The van der Waals surface area contributed by atoms with Crippen molar-refractivity contribution >= 4 is 0 Å². The van der Waals surface area contributed by atoms with Gasteiger partial charge in [-0.25, -0.2) is 4.39 Å². The fraction of sp³-hybridized carbons (Fsp3) is 0.867. The first-order chi connectivity index (χ1) is 15.9. The van der Waals surface area contributed by atoms with Crippen molar-refractivity contribution < 1.29 is 101 Å². The highest BCUT2D eigenvalue weighted by molar-refractivity contribution is 5.21. The van der Waals surface area contributed by atoms with E-state index in [1.54, 1.807) is 0 Å². The van der Waals surface area contributed by atoms with Crippen LogP contribution in [0.15, 0.2) is 12.2 Å². The molecule has 0 aromatic heterocycles. The zero-order chi connectivity index (χ0) is 31.8. The van der Waals surface area contributed by atoms with Crippen molar-refractivity contribution in [1.82, 2.24) is 0 Å². The third kappa shape index (κ3) is 4.32. The quantitative estimate of drug-likeness (QED) is 0.168. The van der Waals surface area contributed by atoms with E-state index in [-0.39, 0.29) is 6.92 Å². The second kappa shape index (κ2) is 8.82. The average Bonchev–Trinajstić information content (AvgIpc) is 2.63. The largest absolute Gasteiger partial charge is 0.438 e. The Morgan fingerprint density at radius 3 is 0.816 bits per heavy atom. The molecule has 0 aromatic carbocycles. The molecule has 0 saturated heterocycles. The third-order valence-corrected chi connectivity index (χ3v) is 4.56. The van der Waals surface area contributed by atoms with Gasteiger partial charge in [-0.05, 0) is 6.92 Å². The van der Waals surface area contributed by atoms with Crippen LogP contribution in [-0.4, -0.2) is 65.4 Å². The molecule has 0 unspecified atom stereocenters. The topological polar surface area (TPSA) is 0 Å². The lowest BCUT2D eigenvalue weighted by Crippen LogP contribution is -2.79. The number of rotatable bonds is 10. The van der Waals surface area contributed by atoms with Crippen LogP contribution < -0.4 is 0 Å². The summed E-state index contributed by atoms with van der Waals surface area (Å²) < 4.78 is 304. The molecule has 0 amide bonds. The lowest BCUT2D eigenvalue weighted by Gasteiger charge is -2.46. The van der Waals surface area contributed by atoms with Crippen LogP contribution in [-0.2, 0) is 0 Å². The van der Waals surface area contributed by atoms with Crippen LogP contribution >= 0.6 is 0 Å². The Kier molecular flexibility index (Phi) is 8.38. The molecular formula is C15H7F23. The van der Waals surface area contributed by atoms with Crippen LogP contribution in [0, 0.1) is 0 Å². The van der Waals surface area contributed by atoms with E-state index in [0.29, 0.717) is 0 Å². The molecule has 0 atom stereocenters. The van der Waals surface area contributed by atoms with E-state index < -0.39 is 77.4 Å². The summed E-state index contributed by atoms with van der Waals surface area (Å²) in [6.45, 7) is 2.67. The molecule has 0 nitrogen and oxygen atoms in total. The van der Waals surface area contributed by atoms with E-state index in [4.69, 9.17) is 0 Å². The van der Waals surface area contributed by atoms with Crippen molar-refractivity contribution in [3.8, 4) is 0 Å². The molecule has 0 bridgehead atoms. The Morgan fingerprint density at radius 1 is 0.395 bits per heavy atom. The minimum Gasteiger partial charge on any atom is -0.216 e. The molecule has 0 aliphatic heterocycles. The first-order valence-corrected chi connectivity index (χ1v) is 8.41. The van der Waals surface area contributed by atoms with Crippen LogP contribution in [0.4, 0.5) is 101 Å². The number of alkyl halides is 23. The Balaban J connectivity index is 7.35. The van der Waals surface area contributed by atoms with Crippen molar-refractivity contribution in [2.24, 2.45) is 0 Å². The maximum atomic E-state index is 13.6. The Hall–Kier alpha value is -1.87. The smallest absolute Gasteiger partial charge is 0.216 e. The van der Waals surface area contributed by atoms with Gasteiger partial charge in [0.25, 0.3) is 0 Å².